The van der Waals surface area contributed by atoms with Crippen molar-refractivity contribution in [1.82, 2.24) is 4.90 Å². The molecule has 1 heterocycles. The number of hydrogen-bond acceptors (Lipinski definition) is 2. The topological polar surface area (TPSA) is 49.4 Å². The second-order valence-electron chi connectivity index (χ2n) is 6.46. The van der Waals surface area contributed by atoms with E-state index in [4.69, 9.17) is 11.6 Å². The summed E-state index contributed by atoms with van der Waals surface area (Å²) in [6.07, 6.45) is 1.61. The first-order valence-electron chi connectivity index (χ1n) is 8.45. The molecule has 0 aliphatic carbocycles. The van der Waals surface area contributed by atoms with Crippen LogP contribution in [0.2, 0.25) is 5.02 Å². The smallest absolute Gasteiger partial charge is 0.321 e. The Kier molecular flexibility index (Phi) is 5.39. The van der Waals surface area contributed by atoms with Crippen LogP contribution in [-0.4, -0.2) is 29.8 Å². The Labute approximate surface area is 152 Å². The van der Waals surface area contributed by atoms with E-state index in [1.54, 1.807) is 29.2 Å². The standard InChI is InChI=1S/C20H21ClN2O2/c1-14-7-9-18(10-8-14)22-20(25)23-11-3-5-16(13-23)19(24)15-4-2-6-17(21)12-15/h2,4,6-10,12,16H,3,5,11,13H2,1H3,(H,22,25). The van der Waals surface area contributed by atoms with E-state index in [2.05, 4.69) is 5.32 Å². The minimum Gasteiger partial charge on any atom is -0.324 e. The number of Topliss-reactive ketones (excluding diaryl/α,β-unsaturated/α-hetero) is 1. The highest BCUT2D eigenvalue weighted by molar-refractivity contribution is 6.31. The molecule has 0 bridgehead atoms. The summed E-state index contributed by atoms with van der Waals surface area (Å²) < 4.78 is 0. The van der Waals surface area contributed by atoms with Crippen molar-refractivity contribution in [2.75, 3.05) is 18.4 Å². The van der Waals surface area contributed by atoms with E-state index in [1.807, 2.05) is 31.2 Å². The minimum atomic E-state index is -0.184. The third-order valence-corrected chi connectivity index (χ3v) is 4.73. The molecule has 1 fully saturated rings. The number of benzene rings is 2. The lowest BCUT2D eigenvalue weighted by molar-refractivity contribution is 0.0851. The first-order valence-corrected chi connectivity index (χ1v) is 8.83. The highest BCUT2D eigenvalue weighted by Crippen LogP contribution is 2.23. The molecule has 1 unspecified atom stereocenters. The minimum absolute atomic E-state index is 0.0512. The van der Waals surface area contributed by atoms with Gasteiger partial charge in [-0.25, -0.2) is 4.79 Å². The third kappa shape index (κ3) is 4.40. The number of carbonyl (C=O) groups is 2. The number of hydrogen-bond donors (Lipinski definition) is 1. The molecule has 0 radical (unpaired) electrons. The average molecular weight is 357 g/mol. The molecular weight excluding hydrogens is 336 g/mol. The zero-order chi connectivity index (χ0) is 17.8. The van der Waals surface area contributed by atoms with Crippen molar-refractivity contribution < 1.29 is 9.59 Å². The second-order valence-corrected chi connectivity index (χ2v) is 6.89. The van der Waals surface area contributed by atoms with Crippen molar-refractivity contribution in [3.05, 3.63) is 64.7 Å². The Morgan fingerprint density at radius 2 is 1.92 bits per heavy atom. The van der Waals surface area contributed by atoms with Gasteiger partial charge in [0.05, 0.1) is 0 Å². The van der Waals surface area contributed by atoms with Crippen LogP contribution in [0.15, 0.2) is 48.5 Å². The number of urea groups is 1. The molecule has 1 atom stereocenters. The molecule has 0 spiro atoms. The molecule has 3 rings (SSSR count). The van der Waals surface area contributed by atoms with Crippen LogP contribution in [0.25, 0.3) is 0 Å². The predicted octanol–water partition coefficient (Wildman–Crippen LogP) is 4.78. The largest absolute Gasteiger partial charge is 0.324 e. The second kappa shape index (κ2) is 7.70. The molecule has 2 aromatic carbocycles. The number of anilines is 1. The van der Waals surface area contributed by atoms with Crippen LogP contribution < -0.4 is 5.32 Å². The molecular formula is C20H21ClN2O2. The summed E-state index contributed by atoms with van der Waals surface area (Å²) in [6.45, 7) is 3.10. The predicted molar refractivity (Wildman–Crippen MR) is 100 cm³/mol. The number of ketones is 1. The summed E-state index contributed by atoms with van der Waals surface area (Å²) in [6, 6.07) is 14.5. The summed E-state index contributed by atoms with van der Waals surface area (Å²) >= 11 is 5.98. The summed E-state index contributed by atoms with van der Waals surface area (Å²) in [5.74, 6) is -0.133. The normalized spacial score (nSPS) is 17.2. The molecule has 25 heavy (non-hydrogen) atoms. The van der Waals surface area contributed by atoms with Crippen LogP contribution in [0.1, 0.15) is 28.8 Å². The van der Waals surface area contributed by atoms with Crippen molar-refractivity contribution in [3.63, 3.8) is 0 Å². The number of rotatable bonds is 3. The molecule has 4 nitrogen and oxygen atoms in total. The maximum Gasteiger partial charge on any atom is 0.321 e. The SMILES string of the molecule is Cc1ccc(NC(=O)N2CCCC(C(=O)c3cccc(Cl)c3)C2)cc1. The van der Waals surface area contributed by atoms with Gasteiger partial charge >= 0.3 is 6.03 Å². The van der Waals surface area contributed by atoms with Gasteiger partial charge in [0.25, 0.3) is 0 Å². The quantitative estimate of drug-likeness (QED) is 0.805. The van der Waals surface area contributed by atoms with Crippen LogP contribution in [0.3, 0.4) is 0 Å². The molecule has 5 heteroatoms. The van der Waals surface area contributed by atoms with E-state index in [9.17, 15) is 9.59 Å². The Morgan fingerprint density at radius 1 is 1.16 bits per heavy atom. The van der Waals surface area contributed by atoms with E-state index in [0.717, 1.165) is 24.1 Å². The van der Waals surface area contributed by atoms with Gasteiger partial charge in [0, 0.05) is 35.3 Å². The van der Waals surface area contributed by atoms with Crippen molar-refractivity contribution in [3.8, 4) is 0 Å². The highest BCUT2D eigenvalue weighted by Gasteiger charge is 2.29. The Balaban J connectivity index is 1.65. The summed E-state index contributed by atoms with van der Waals surface area (Å²) in [5, 5.41) is 3.45. The van der Waals surface area contributed by atoms with Gasteiger partial charge in [-0.2, -0.15) is 0 Å². The Bertz CT molecular complexity index is 774. The van der Waals surface area contributed by atoms with E-state index in [-0.39, 0.29) is 17.7 Å². The number of nitrogens with one attached hydrogen (secondary N) is 1. The Hall–Kier alpha value is -2.33. The van der Waals surface area contributed by atoms with Crippen LogP contribution in [0.5, 0.6) is 0 Å². The number of halogens is 1. The van der Waals surface area contributed by atoms with E-state index < -0.39 is 0 Å². The number of amides is 2. The monoisotopic (exact) mass is 356 g/mol. The first-order chi connectivity index (χ1) is 12.0. The molecule has 0 saturated carbocycles. The zero-order valence-corrected chi connectivity index (χ0v) is 14.9. The van der Waals surface area contributed by atoms with Gasteiger partial charge in [-0.3, -0.25) is 4.79 Å². The van der Waals surface area contributed by atoms with Gasteiger partial charge in [-0.1, -0.05) is 41.4 Å². The molecule has 2 aromatic rings. The van der Waals surface area contributed by atoms with Gasteiger partial charge in [0.2, 0.25) is 0 Å². The van der Waals surface area contributed by atoms with Gasteiger partial charge in [-0.05, 0) is 44.0 Å². The van der Waals surface area contributed by atoms with Crippen LogP contribution in [-0.2, 0) is 0 Å². The summed E-state index contributed by atoms with van der Waals surface area (Å²) in [4.78, 5) is 26.9. The van der Waals surface area contributed by atoms with Crippen molar-refractivity contribution in [1.29, 1.82) is 0 Å². The lowest BCUT2D eigenvalue weighted by atomic mass is 9.90. The van der Waals surface area contributed by atoms with E-state index in [0.29, 0.717) is 23.7 Å². The molecule has 1 saturated heterocycles. The van der Waals surface area contributed by atoms with Crippen LogP contribution in [0, 0.1) is 12.8 Å². The van der Waals surface area contributed by atoms with Crippen molar-refractivity contribution in [2.24, 2.45) is 5.92 Å². The number of nitrogens with zero attached hydrogens (tertiary/aromatic N) is 1. The molecule has 1 aliphatic heterocycles. The van der Waals surface area contributed by atoms with Gasteiger partial charge in [-0.15, -0.1) is 0 Å². The maximum atomic E-state index is 12.7. The average Bonchev–Trinajstić information content (AvgIpc) is 2.63. The fraction of sp³-hybridized carbons (Fsp3) is 0.300. The Morgan fingerprint density at radius 3 is 2.64 bits per heavy atom. The first kappa shape index (κ1) is 17.5. The molecule has 2 amide bonds. The summed E-state index contributed by atoms with van der Waals surface area (Å²) in [7, 11) is 0. The van der Waals surface area contributed by atoms with Gasteiger partial charge in [0.1, 0.15) is 0 Å². The van der Waals surface area contributed by atoms with Gasteiger partial charge in [0.15, 0.2) is 5.78 Å². The van der Waals surface area contributed by atoms with Crippen molar-refractivity contribution >= 4 is 29.1 Å². The zero-order valence-electron chi connectivity index (χ0n) is 14.2. The number of carbonyl (C=O) groups excluding carboxylic acids is 2. The lowest BCUT2D eigenvalue weighted by Crippen LogP contribution is -2.44. The lowest BCUT2D eigenvalue weighted by Gasteiger charge is -2.32. The highest BCUT2D eigenvalue weighted by atomic mass is 35.5. The molecule has 130 valence electrons. The van der Waals surface area contributed by atoms with Gasteiger partial charge < -0.3 is 10.2 Å². The number of likely N-dealkylation sites (tertiary alicyclic amines) is 1. The molecule has 0 aromatic heterocycles. The van der Waals surface area contributed by atoms with Crippen molar-refractivity contribution in [2.45, 2.75) is 19.8 Å². The molecule has 1 N–H and O–H groups in total. The maximum absolute atomic E-state index is 12.7. The fourth-order valence-electron chi connectivity index (χ4n) is 3.09. The van der Waals surface area contributed by atoms with E-state index >= 15 is 0 Å². The number of aryl methyl sites for hydroxylation is 1. The number of piperidine rings is 1. The third-order valence-electron chi connectivity index (χ3n) is 4.49. The van der Waals surface area contributed by atoms with Crippen LogP contribution >= 0.6 is 11.6 Å². The summed E-state index contributed by atoms with van der Waals surface area (Å²) in [5.41, 5.74) is 2.51. The van der Waals surface area contributed by atoms with E-state index in [1.165, 1.54) is 0 Å². The van der Waals surface area contributed by atoms with Crippen LogP contribution in [0.4, 0.5) is 10.5 Å². The molecule has 1 aliphatic rings. The fourth-order valence-corrected chi connectivity index (χ4v) is 3.28.